The molecule has 1 aromatic heterocycles. The monoisotopic (exact) mass is 361 g/mol. The van der Waals surface area contributed by atoms with Crippen molar-refractivity contribution in [1.82, 2.24) is 4.90 Å². The van der Waals surface area contributed by atoms with E-state index in [-0.39, 0.29) is 12.4 Å². The molecule has 0 aliphatic rings. The van der Waals surface area contributed by atoms with Gasteiger partial charge in [0.25, 0.3) is 0 Å². The summed E-state index contributed by atoms with van der Waals surface area (Å²) in [6.07, 6.45) is 0.725. The Hall–Kier alpha value is -2.34. The number of likely N-dealkylation sites (N-methyl/N-ethyl adjacent to an activating group) is 1. The zero-order valence-electron chi connectivity index (χ0n) is 16.2. The lowest BCUT2D eigenvalue weighted by atomic mass is 9.98. The first-order valence-electron chi connectivity index (χ1n) is 9.00. The summed E-state index contributed by atoms with van der Waals surface area (Å²) in [6.45, 7) is 10.9. The number of methoxy groups -OCH3 is 1. The van der Waals surface area contributed by atoms with Crippen molar-refractivity contribution in [1.29, 1.82) is 0 Å². The van der Waals surface area contributed by atoms with Gasteiger partial charge >= 0.3 is 11.6 Å². The van der Waals surface area contributed by atoms with E-state index in [0.717, 1.165) is 42.6 Å². The Morgan fingerprint density at radius 3 is 2.46 bits per heavy atom. The van der Waals surface area contributed by atoms with E-state index in [0.29, 0.717) is 11.1 Å². The van der Waals surface area contributed by atoms with Gasteiger partial charge < -0.3 is 18.8 Å². The van der Waals surface area contributed by atoms with Crippen LogP contribution >= 0.6 is 0 Å². The number of benzene rings is 1. The molecule has 0 saturated carbocycles. The quantitative estimate of drug-likeness (QED) is 0.531. The van der Waals surface area contributed by atoms with Gasteiger partial charge in [-0.25, -0.2) is 9.59 Å². The number of esters is 1. The summed E-state index contributed by atoms with van der Waals surface area (Å²) in [5, 5.41) is 0.821. The zero-order valence-corrected chi connectivity index (χ0v) is 16.2. The van der Waals surface area contributed by atoms with Gasteiger partial charge in [0.2, 0.25) is 5.75 Å². The van der Waals surface area contributed by atoms with Gasteiger partial charge in [0.05, 0.1) is 19.3 Å². The number of carbonyl (C=O) groups is 1. The van der Waals surface area contributed by atoms with E-state index >= 15 is 0 Å². The number of ether oxygens (including phenoxy) is 2. The predicted molar refractivity (Wildman–Crippen MR) is 101 cm³/mol. The number of fused-ring (bicyclic) bond motifs is 1. The molecule has 142 valence electrons. The Bertz CT molecular complexity index is 836. The Morgan fingerprint density at radius 2 is 1.88 bits per heavy atom. The van der Waals surface area contributed by atoms with E-state index in [4.69, 9.17) is 13.9 Å². The number of rotatable bonds is 8. The van der Waals surface area contributed by atoms with Gasteiger partial charge in [-0.3, -0.25) is 0 Å². The zero-order chi connectivity index (χ0) is 19.3. The Labute approximate surface area is 153 Å². The van der Waals surface area contributed by atoms with Gasteiger partial charge in [-0.15, -0.1) is 0 Å². The van der Waals surface area contributed by atoms with Crippen LogP contribution in [0.1, 0.15) is 42.3 Å². The van der Waals surface area contributed by atoms with E-state index < -0.39 is 11.6 Å². The standard InChI is InChI=1S/C20H27NO5/c1-6-21(7-2)10-9-14-11-15(19(22)25-8-3)12-16-17(14)13(4)18(24-5)20(23)26-16/h11-12H,6-10H2,1-5H3. The van der Waals surface area contributed by atoms with Gasteiger partial charge in [-0.05, 0) is 51.1 Å². The van der Waals surface area contributed by atoms with E-state index in [2.05, 4.69) is 18.7 Å². The molecule has 0 spiro atoms. The van der Waals surface area contributed by atoms with E-state index in [1.807, 2.05) is 13.0 Å². The summed E-state index contributed by atoms with van der Waals surface area (Å²) >= 11 is 0. The Balaban J connectivity index is 2.63. The van der Waals surface area contributed by atoms with Crippen molar-refractivity contribution in [2.24, 2.45) is 0 Å². The molecule has 2 aromatic rings. The maximum Gasteiger partial charge on any atom is 0.379 e. The summed E-state index contributed by atoms with van der Waals surface area (Å²) in [5.41, 5.74) is 1.89. The van der Waals surface area contributed by atoms with Gasteiger partial charge in [0, 0.05) is 17.5 Å². The maximum atomic E-state index is 12.2. The van der Waals surface area contributed by atoms with Crippen molar-refractivity contribution < 1.29 is 18.7 Å². The van der Waals surface area contributed by atoms with Crippen LogP contribution in [0.15, 0.2) is 21.3 Å². The topological polar surface area (TPSA) is 69.0 Å². The molecule has 0 fully saturated rings. The molecule has 0 saturated heterocycles. The minimum absolute atomic E-state index is 0.200. The van der Waals surface area contributed by atoms with Crippen molar-refractivity contribution in [2.45, 2.75) is 34.1 Å². The highest BCUT2D eigenvalue weighted by atomic mass is 16.5. The molecule has 6 heteroatoms. The lowest BCUT2D eigenvalue weighted by molar-refractivity contribution is 0.0526. The first-order chi connectivity index (χ1) is 12.5. The molecule has 26 heavy (non-hydrogen) atoms. The number of nitrogens with zero attached hydrogens (tertiary/aromatic N) is 1. The lowest BCUT2D eigenvalue weighted by Gasteiger charge is -2.19. The SMILES string of the molecule is CCOC(=O)c1cc(CCN(CC)CC)c2c(C)c(OC)c(=O)oc2c1. The average Bonchev–Trinajstić information content (AvgIpc) is 2.62. The van der Waals surface area contributed by atoms with Crippen molar-refractivity contribution in [2.75, 3.05) is 33.4 Å². The summed E-state index contributed by atoms with van der Waals surface area (Å²) in [4.78, 5) is 26.7. The van der Waals surface area contributed by atoms with Crippen LogP contribution in [0.3, 0.4) is 0 Å². The number of aryl methyl sites for hydroxylation is 1. The van der Waals surface area contributed by atoms with Gasteiger partial charge in [0.1, 0.15) is 5.58 Å². The van der Waals surface area contributed by atoms with Gasteiger partial charge in [0.15, 0.2) is 0 Å². The molecular weight excluding hydrogens is 334 g/mol. The van der Waals surface area contributed by atoms with E-state index in [9.17, 15) is 9.59 Å². The van der Waals surface area contributed by atoms with Crippen molar-refractivity contribution in [3.8, 4) is 5.75 Å². The molecule has 2 rings (SSSR count). The fourth-order valence-corrected chi connectivity index (χ4v) is 3.18. The lowest BCUT2D eigenvalue weighted by Crippen LogP contribution is -2.25. The number of hydrogen-bond acceptors (Lipinski definition) is 6. The van der Waals surface area contributed by atoms with Gasteiger partial charge in [-0.2, -0.15) is 0 Å². The fourth-order valence-electron chi connectivity index (χ4n) is 3.18. The third-order valence-corrected chi connectivity index (χ3v) is 4.59. The van der Waals surface area contributed by atoms with E-state index in [1.54, 1.807) is 13.0 Å². The minimum Gasteiger partial charge on any atom is -0.490 e. The smallest absolute Gasteiger partial charge is 0.379 e. The van der Waals surface area contributed by atoms with Crippen LogP contribution in [-0.2, 0) is 11.2 Å². The third-order valence-electron chi connectivity index (χ3n) is 4.59. The molecule has 0 amide bonds. The average molecular weight is 361 g/mol. The van der Waals surface area contributed by atoms with Crippen LogP contribution in [0.2, 0.25) is 0 Å². The van der Waals surface area contributed by atoms with Crippen molar-refractivity contribution in [3.63, 3.8) is 0 Å². The molecular formula is C20H27NO5. The molecule has 6 nitrogen and oxygen atoms in total. The first-order valence-corrected chi connectivity index (χ1v) is 9.00. The van der Waals surface area contributed by atoms with Crippen LogP contribution in [0.25, 0.3) is 11.0 Å². The highest BCUT2D eigenvalue weighted by molar-refractivity contribution is 5.96. The second-order valence-corrected chi connectivity index (χ2v) is 6.05. The molecule has 0 atom stereocenters. The van der Waals surface area contributed by atoms with Crippen molar-refractivity contribution >= 4 is 16.9 Å². The normalized spacial score (nSPS) is 11.2. The summed E-state index contributed by atoms with van der Waals surface area (Å²) in [7, 11) is 1.45. The van der Waals surface area contributed by atoms with Gasteiger partial charge in [-0.1, -0.05) is 13.8 Å². The fraction of sp³-hybridized carbons (Fsp3) is 0.500. The maximum absolute atomic E-state index is 12.2. The van der Waals surface area contributed by atoms with Crippen LogP contribution in [-0.4, -0.2) is 44.2 Å². The second kappa shape index (κ2) is 8.85. The molecule has 0 N–H and O–H groups in total. The first kappa shape index (κ1) is 20.0. The summed E-state index contributed by atoms with van der Waals surface area (Å²) in [6, 6.07) is 3.40. The minimum atomic E-state index is -0.548. The predicted octanol–water partition coefficient (Wildman–Crippen LogP) is 3.17. The second-order valence-electron chi connectivity index (χ2n) is 6.05. The van der Waals surface area contributed by atoms with Crippen LogP contribution < -0.4 is 10.4 Å². The number of hydrogen-bond donors (Lipinski definition) is 0. The van der Waals surface area contributed by atoms with Crippen LogP contribution in [0, 0.1) is 6.92 Å². The van der Waals surface area contributed by atoms with Crippen LogP contribution in [0.5, 0.6) is 5.75 Å². The molecule has 1 heterocycles. The number of carbonyl (C=O) groups excluding carboxylic acids is 1. The van der Waals surface area contributed by atoms with E-state index in [1.165, 1.54) is 7.11 Å². The van der Waals surface area contributed by atoms with Crippen LogP contribution in [0.4, 0.5) is 0 Å². The molecule has 1 aromatic carbocycles. The Morgan fingerprint density at radius 1 is 1.19 bits per heavy atom. The third kappa shape index (κ3) is 4.07. The largest absolute Gasteiger partial charge is 0.490 e. The Kier molecular flexibility index (Phi) is 6.80. The van der Waals surface area contributed by atoms with Crippen molar-refractivity contribution in [3.05, 3.63) is 39.2 Å². The summed E-state index contributed by atoms with van der Waals surface area (Å²) in [5.74, 6) is -0.222. The molecule has 0 bridgehead atoms. The molecule has 0 unspecified atom stereocenters. The molecule has 0 radical (unpaired) electrons. The highest BCUT2D eigenvalue weighted by Gasteiger charge is 2.19. The summed E-state index contributed by atoms with van der Waals surface area (Å²) < 4.78 is 15.8. The highest BCUT2D eigenvalue weighted by Crippen LogP contribution is 2.29. The molecule has 0 aliphatic heterocycles. The molecule has 0 aliphatic carbocycles.